The van der Waals surface area contributed by atoms with Crippen LogP contribution in [0.1, 0.15) is 16.7 Å². The van der Waals surface area contributed by atoms with Gasteiger partial charge in [-0.1, -0.05) is 42.5 Å². The summed E-state index contributed by atoms with van der Waals surface area (Å²) in [6.45, 7) is 6.38. The molecule has 0 radical (unpaired) electrons. The predicted molar refractivity (Wildman–Crippen MR) is 114 cm³/mol. The number of rotatable bonds is 4. The average molecular weight is 369 g/mol. The lowest BCUT2D eigenvalue weighted by molar-refractivity contribution is -0.116. The molecule has 0 saturated heterocycles. The largest absolute Gasteiger partial charge is 0.325 e. The first kappa shape index (κ1) is 18.0. The molecule has 0 spiro atoms. The summed E-state index contributed by atoms with van der Waals surface area (Å²) in [4.78, 5) is 17.6. The van der Waals surface area contributed by atoms with Crippen LogP contribution >= 0.6 is 0 Å². The Morgan fingerprint density at radius 2 is 1.64 bits per heavy atom. The highest BCUT2D eigenvalue weighted by Gasteiger charge is 2.16. The molecule has 1 heterocycles. The zero-order chi connectivity index (χ0) is 19.7. The molecular weight excluding hydrogens is 346 g/mol. The summed E-state index contributed by atoms with van der Waals surface area (Å²) in [7, 11) is 0. The van der Waals surface area contributed by atoms with Gasteiger partial charge in [0.15, 0.2) is 0 Å². The van der Waals surface area contributed by atoms with Crippen molar-refractivity contribution in [2.24, 2.45) is 0 Å². The van der Waals surface area contributed by atoms with Gasteiger partial charge in [-0.2, -0.15) is 0 Å². The van der Waals surface area contributed by atoms with Crippen molar-refractivity contribution >= 4 is 22.6 Å². The molecule has 0 saturated carbocycles. The first-order chi connectivity index (χ1) is 13.5. The first-order valence-electron chi connectivity index (χ1n) is 9.41. The number of nitrogens with zero attached hydrogens (tertiary/aromatic N) is 2. The third-order valence-electron chi connectivity index (χ3n) is 5.13. The van der Waals surface area contributed by atoms with Gasteiger partial charge in [-0.15, -0.1) is 0 Å². The summed E-state index contributed by atoms with van der Waals surface area (Å²) in [5.41, 5.74) is 7.20. The number of fused-ring (bicyclic) bond motifs is 1. The van der Waals surface area contributed by atoms with Crippen LogP contribution in [0.25, 0.3) is 22.4 Å². The highest BCUT2D eigenvalue weighted by atomic mass is 16.1. The van der Waals surface area contributed by atoms with Crippen LogP contribution in [0.2, 0.25) is 0 Å². The minimum atomic E-state index is -0.0683. The number of anilines is 1. The molecule has 4 rings (SSSR count). The number of hydrogen-bond acceptors (Lipinski definition) is 2. The van der Waals surface area contributed by atoms with Gasteiger partial charge in [-0.05, 0) is 61.7 Å². The van der Waals surface area contributed by atoms with Gasteiger partial charge in [-0.25, -0.2) is 4.98 Å². The lowest BCUT2D eigenvalue weighted by atomic mass is 10.1. The van der Waals surface area contributed by atoms with Gasteiger partial charge in [0, 0.05) is 11.3 Å². The van der Waals surface area contributed by atoms with Crippen LogP contribution in [-0.4, -0.2) is 15.5 Å². The molecule has 4 heteroatoms. The number of hydrogen-bond donors (Lipinski definition) is 1. The van der Waals surface area contributed by atoms with Gasteiger partial charge in [0.05, 0.1) is 11.0 Å². The number of benzene rings is 3. The number of aromatic nitrogens is 2. The Hall–Kier alpha value is -3.40. The van der Waals surface area contributed by atoms with E-state index in [4.69, 9.17) is 4.98 Å². The van der Waals surface area contributed by atoms with Gasteiger partial charge < -0.3 is 9.88 Å². The minimum Gasteiger partial charge on any atom is -0.325 e. The van der Waals surface area contributed by atoms with E-state index in [1.165, 1.54) is 5.56 Å². The van der Waals surface area contributed by atoms with Gasteiger partial charge in [-0.3, -0.25) is 4.79 Å². The van der Waals surface area contributed by atoms with Crippen LogP contribution < -0.4 is 5.32 Å². The van der Waals surface area contributed by atoms with E-state index in [-0.39, 0.29) is 12.5 Å². The van der Waals surface area contributed by atoms with Crippen molar-refractivity contribution in [2.75, 3.05) is 5.32 Å². The van der Waals surface area contributed by atoms with Crippen molar-refractivity contribution in [3.05, 3.63) is 83.4 Å². The molecule has 0 aliphatic rings. The summed E-state index contributed by atoms with van der Waals surface area (Å²) < 4.78 is 1.99. The second-order valence-corrected chi connectivity index (χ2v) is 7.17. The molecule has 0 unspecified atom stereocenters. The molecule has 0 atom stereocenters. The first-order valence-corrected chi connectivity index (χ1v) is 9.41. The normalized spacial score (nSPS) is 11.0. The SMILES string of the molecule is Cc1ccc(NC(=O)Cn2c(-c3ccccc3C)nc3ccccc32)cc1C. The molecule has 0 aliphatic carbocycles. The molecule has 1 aromatic heterocycles. The molecule has 1 N–H and O–H groups in total. The number of aryl methyl sites for hydroxylation is 3. The maximum atomic E-state index is 12.8. The smallest absolute Gasteiger partial charge is 0.244 e. The van der Waals surface area contributed by atoms with Gasteiger partial charge in [0.1, 0.15) is 12.4 Å². The number of carbonyl (C=O) groups is 1. The number of para-hydroxylation sites is 2. The van der Waals surface area contributed by atoms with Crippen molar-refractivity contribution in [3.63, 3.8) is 0 Å². The minimum absolute atomic E-state index is 0.0683. The summed E-state index contributed by atoms with van der Waals surface area (Å²) in [5, 5.41) is 3.02. The summed E-state index contributed by atoms with van der Waals surface area (Å²) in [6.07, 6.45) is 0. The maximum Gasteiger partial charge on any atom is 0.244 e. The van der Waals surface area contributed by atoms with Crippen molar-refractivity contribution in [3.8, 4) is 11.4 Å². The monoisotopic (exact) mass is 369 g/mol. The quantitative estimate of drug-likeness (QED) is 0.533. The number of carbonyl (C=O) groups excluding carboxylic acids is 1. The topological polar surface area (TPSA) is 46.9 Å². The van der Waals surface area contributed by atoms with Crippen LogP contribution in [-0.2, 0) is 11.3 Å². The van der Waals surface area contributed by atoms with E-state index < -0.39 is 0 Å². The summed E-state index contributed by atoms with van der Waals surface area (Å²) >= 11 is 0. The number of amides is 1. The molecule has 28 heavy (non-hydrogen) atoms. The van der Waals surface area contributed by atoms with Gasteiger partial charge in [0.2, 0.25) is 5.91 Å². The molecule has 0 fully saturated rings. The standard InChI is InChI=1S/C24H23N3O/c1-16-12-13-19(14-18(16)3)25-23(28)15-27-22-11-7-6-10-21(22)26-24(27)20-9-5-4-8-17(20)2/h4-14H,15H2,1-3H3,(H,25,28). The fraction of sp³-hybridized carbons (Fsp3) is 0.167. The zero-order valence-electron chi connectivity index (χ0n) is 16.4. The van der Waals surface area contributed by atoms with Crippen molar-refractivity contribution in [1.82, 2.24) is 9.55 Å². The molecule has 0 aliphatic heterocycles. The average Bonchev–Trinajstić information content (AvgIpc) is 3.03. The van der Waals surface area contributed by atoms with Crippen LogP contribution in [0, 0.1) is 20.8 Å². The Kier molecular flexibility index (Phi) is 4.70. The molecule has 0 bridgehead atoms. The second kappa shape index (κ2) is 7.31. The Morgan fingerprint density at radius 1 is 0.893 bits per heavy atom. The van der Waals surface area contributed by atoms with Gasteiger partial charge >= 0.3 is 0 Å². The fourth-order valence-electron chi connectivity index (χ4n) is 3.43. The van der Waals surface area contributed by atoms with Crippen molar-refractivity contribution in [1.29, 1.82) is 0 Å². The third-order valence-corrected chi connectivity index (χ3v) is 5.13. The summed E-state index contributed by atoms with van der Waals surface area (Å²) in [6, 6.07) is 22.0. The van der Waals surface area contributed by atoms with E-state index in [1.54, 1.807) is 0 Å². The summed E-state index contributed by atoms with van der Waals surface area (Å²) in [5.74, 6) is 0.746. The Balaban J connectivity index is 1.71. The third kappa shape index (κ3) is 3.41. The van der Waals surface area contributed by atoms with Crippen molar-refractivity contribution < 1.29 is 4.79 Å². The van der Waals surface area contributed by atoms with E-state index in [9.17, 15) is 4.79 Å². The highest BCUT2D eigenvalue weighted by molar-refractivity contribution is 5.92. The molecular formula is C24H23N3O. The Bertz CT molecular complexity index is 1170. The van der Waals surface area contributed by atoms with E-state index in [2.05, 4.69) is 25.2 Å². The predicted octanol–water partition coefficient (Wildman–Crippen LogP) is 5.27. The van der Waals surface area contributed by atoms with Crippen LogP contribution in [0.5, 0.6) is 0 Å². The Labute approximate surface area is 164 Å². The maximum absolute atomic E-state index is 12.8. The van der Waals surface area contributed by atoms with E-state index in [0.717, 1.165) is 39.2 Å². The van der Waals surface area contributed by atoms with Crippen LogP contribution in [0.4, 0.5) is 5.69 Å². The second-order valence-electron chi connectivity index (χ2n) is 7.17. The van der Waals surface area contributed by atoms with E-state index in [0.29, 0.717) is 0 Å². The molecule has 1 amide bonds. The lowest BCUT2D eigenvalue weighted by Gasteiger charge is -2.12. The lowest BCUT2D eigenvalue weighted by Crippen LogP contribution is -2.19. The molecule has 4 nitrogen and oxygen atoms in total. The fourth-order valence-corrected chi connectivity index (χ4v) is 3.43. The van der Waals surface area contributed by atoms with E-state index >= 15 is 0 Å². The molecule has 3 aromatic carbocycles. The van der Waals surface area contributed by atoms with Crippen LogP contribution in [0.3, 0.4) is 0 Å². The van der Waals surface area contributed by atoms with Gasteiger partial charge in [0.25, 0.3) is 0 Å². The molecule has 4 aromatic rings. The highest BCUT2D eigenvalue weighted by Crippen LogP contribution is 2.27. The van der Waals surface area contributed by atoms with Crippen LogP contribution in [0.15, 0.2) is 66.7 Å². The Morgan fingerprint density at radius 3 is 2.43 bits per heavy atom. The number of imidazole rings is 1. The van der Waals surface area contributed by atoms with E-state index in [1.807, 2.05) is 72.2 Å². The zero-order valence-corrected chi connectivity index (χ0v) is 16.4. The number of nitrogens with one attached hydrogen (secondary N) is 1. The van der Waals surface area contributed by atoms with Crippen molar-refractivity contribution in [2.45, 2.75) is 27.3 Å². The molecule has 140 valence electrons.